The van der Waals surface area contributed by atoms with Crippen LogP contribution in [0, 0.1) is 0 Å². The summed E-state index contributed by atoms with van der Waals surface area (Å²) in [6, 6.07) is 0. The van der Waals surface area contributed by atoms with E-state index in [2.05, 4.69) is 19.9 Å². The van der Waals surface area contributed by atoms with Gasteiger partial charge in [-0.15, -0.1) is 0 Å². The Morgan fingerprint density at radius 2 is 1.78 bits per heavy atom. The number of hydrogen-bond donors (Lipinski definition) is 0. The van der Waals surface area contributed by atoms with Crippen molar-refractivity contribution in [2.24, 2.45) is 0 Å². The van der Waals surface area contributed by atoms with Gasteiger partial charge in [0, 0.05) is 5.03 Å². The van der Waals surface area contributed by atoms with E-state index in [0.717, 1.165) is 11.5 Å². The summed E-state index contributed by atoms with van der Waals surface area (Å²) in [4.78, 5) is 0. The third-order valence-corrected chi connectivity index (χ3v) is 1.08. The molecule has 0 nitrogen and oxygen atoms in total. The molecule has 0 aliphatic carbocycles. The molecule has 0 aromatic heterocycles. The molecule has 52 valence electrons. The molecule has 0 radical (unpaired) electrons. The highest BCUT2D eigenvalue weighted by Crippen LogP contribution is 2.01. The van der Waals surface area contributed by atoms with Crippen LogP contribution in [0.2, 0.25) is 0 Å². The van der Waals surface area contributed by atoms with E-state index in [1.165, 1.54) is 5.57 Å². The zero-order valence-electron chi connectivity index (χ0n) is 6.24. The fourth-order valence-electron chi connectivity index (χ4n) is 0.457. The average Bonchev–Trinajstić information content (AvgIpc) is 1.63. The van der Waals surface area contributed by atoms with Gasteiger partial charge < -0.3 is 0 Å². The van der Waals surface area contributed by atoms with Crippen LogP contribution in [0.4, 0.5) is 0 Å². The molecule has 0 fully saturated rings. The van der Waals surface area contributed by atoms with Crippen molar-refractivity contribution in [2.75, 3.05) is 0 Å². The van der Waals surface area contributed by atoms with E-state index in [4.69, 9.17) is 11.6 Å². The van der Waals surface area contributed by atoms with E-state index in [0.29, 0.717) is 0 Å². The van der Waals surface area contributed by atoms with Gasteiger partial charge in [0.1, 0.15) is 0 Å². The van der Waals surface area contributed by atoms with E-state index in [1.807, 2.05) is 13.0 Å². The lowest BCUT2D eigenvalue weighted by molar-refractivity contribution is 1.27. The van der Waals surface area contributed by atoms with E-state index in [1.54, 1.807) is 0 Å². The standard InChI is InChI=1S/C8H13Cl/c1-7(2)5-4-6-8(3)9/h5-6H,4H2,1-3H3. The molecule has 0 N–H and O–H groups in total. The van der Waals surface area contributed by atoms with Gasteiger partial charge in [-0.3, -0.25) is 0 Å². The van der Waals surface area contributed by atoms with Crippen molar-refractivity contribution < 1.29 is 0 Å². The maximum Gasteiger partial charge on any atom is 0.0113 e. The summed E-state index contributed by atoms with van der Waals surface area (Å²) in [5.41, 5.74) is 1.34. The van der Waals surface area contributed by atoms with Crippen molar-refractivity contribution in [3.05, 3.63) is 22.8 Å². The Bertz CT molecular complexity index is 108. The average molecular weight is 145 g/mol. The zero-order chi connectivity index (χ0) is 7.28. The number of halogens is 1. The molecular weight excluding hydrogens is 132 g/mol. The van der Waals surface area contributed by atoms with E-state index in [-0.39, 0.29) is 0 Å². The Morgan fingerprint density at radius 1 is 1.22 bits per heavy atom. The summed E-state index contributed by atoms with van der Waals surface area (Å²) in [5, 5.41) is 0.868. The molecule has 0 saturated carbocycles. The first-order chi connectivity index (χ1) is 4.13. The Balaban J connectivity index is 3.53. The lowest BCUT2D eigenvalue weighted by Crippen LogP contribution is -1.64. The predicted molar refractivity (Wildman–Crippen MR) is 43.7 cm³/mol. The molecule has 0 rings (SSSR count). The van der Waals surface area contributed by atoms with Gasteiger partial charge in [0.15, 0.2) is 0 Å². The third kappa shape index (κ3) is 7.77. The minimum Gasteiger partial charge on any atom is -0.0898 e. The minimum atomic E-state index is 0.868. The van der Waals surface area contributed by atoms with Crippen molar-refractivity contribution >= 4 is 11.6 Å². The summed E-state index contributed by atoms with van der Waals surface area (Å²) in [6.45, 7) is 6.05. The van der Waals surface area contributed by atoms with Crippen LogP contribution in [-0.4, -0.2) is 0 Å². The monoisotopic (exact) mass is 144 g/mol. The van der Waals surface area contributed by atoms with Crippen molar-refractivity contribution in [1.29, 1.82) is 0 Å². The Kier molecular flexibility index (Phi) is 4.51. The molecule has 1 heteroatoms. The SMILES string of the molecule is CC(C)=CCC=C(C)Cl. The lowest BCUT2D eigenvalue weighted by Gasteiger charge is -1.86. The highest BCUT2D eigenvalue weighted by Gasteiger charge is 1.77. The van der Waals surface area contributed by atoms with Crippen molar-refractivity contribution in [1.82, 2.24) is 0 Å². The Labute approximate surface area is 62.2 Å². The fourth-order valence-corrected chi connectivity index (χ4v) is 0.546. The highest BCUT2D eigenvalue weighted by atomic mass is 35.5. The molecule has 0 atom stereocenters. The van der Waals surface area contributed by atoms with Gasteiger partial charge in [0.25, 0.3) is 0 Å². The normalized spacial score (nSPS) is 11.3. The first-order valence-corrected chi connectivity index (χ1v) is 3.46. The fraction of sp³-hybridized carbons (Fsp3) is 0.500. The van der Waals surface area contributed by atoms with Gasteiger partial charge >= 0.3 is 0 Å². The van der Waals surface area contributed by atoms with Crippen LogP contribution in [0.1, 0.15) is 27.2 Å². The zero-order valence-corrected chi connectivity index (χ0v) is 7.00. The molecule has 0 amide bonds. The molecule has 9 heavy (non-hydrogen) atoms. The van der Waals surface area contributed by atoms with Gasteiger partial charge in [-0.1, -0.05) is 29.3 Å². The van der Waals surface area contributed by atoms with Gasteiger partial charge in [-0.05, 0) is 27.2 Å². The molecule has 0 aliphatic rings. The van der Waals surface area contributed by atoms with E-state index < -0.39 is 0 Å². The second kappa shape index (κ2) is 4.63. The second-order valence-electron chi connectivity index (χ2n) is 2.31. The Hall–Kier alpha value is -0.230. The second-order valence-corrected chi connectivity index (χ2v) is 2.90. The highest BCUT2D eigenvalue weighted by molar-refractivity contribution is 6.29. The largest absolute Gasteiger partial charge is 0.0898 e. The quantitative estimate of drug-likeness (QED) is 0.521. The van der Waals surface area contributed by atoms with Gasteiger partial charge in [0.2, 0.25) is 0 Å². The first kappa shape index (κ1) is 8.77. The number of allylic oxidation sites excluding steroid dienone is 4. The van der Waals surface area contributed by atoms with Gasteiger partial charge in [0.05, 0.1) is 0 Å². The topological polar surface area (TPSA) is 0 Å². The maximum absolute atomic E-state index is 5.59. The summed E-state index contributed by atoms with van der Waals surface area (Å²) >= 11 is 5.59. The van der Waals surface area contributed by atoms with Gasteiger partial charge in [-0.2, -0.15) is 0 Å². The lowest BCUT2D eigenvalue weighted by atomic mass is 10.2. The molecule has 0 spiro atoms. The predicted octanol–water partition coefficient (Wildman–Crippen LogP) is 3.49. The van der Waals surface area contributed by atoms with Crippen molar-refractivity contribution in [3.63, 3.8) is 0 Å². The number of rotatable bonds is 2. The molecule has 0 aromatic carbocycles. The van der Waals surface area contributed by atoms with Crippen molar-refractivity contribution in [3.8, 4) is 0 Å². The first-order valence-electron chi connectivity index (χ1n) is 3.08. The molecular formula is C8H13Cl. The van der Waals surface area contributed by atoms with Crippen LogP contribution >= 0.6 is 11.6 Å². The molecule has 0 bridgehead atoms. The van der Waals surface area contributed by atoms with Gasteiger partial charge in [-0.25, -0.2) is 0 Å². The summed E-state index contributed by atoms with van der Waals surface area (Å²) in [5.74, 6) is 0. The third-order valence-electron chi connectivity index (χ3n) is 0.925. The van der Waals surface area contributed by atoms with Crippen LogP contribution in [0.25, 0.3) is 0 Å². The van der Waals surface area contributed by atoms with Crippen LogP contribution in [0.5, 0.6) is 0 Å². The molecule has 0 saturated heterocycles. The minimum absolute atomic E-state index is 0.868. The van der Waals surface area contributed by atoms with E-state index >= 15 is 0 Å². The van der Waals surface area contributed by atoms with Crippen LogP contribution in [-0.2, 0) is 0 Å². The summed E-state index contributed by atoms with van der Waals surface area (Å²) in [7, 11) is 0. The smallest absolute Gasteiger partial charge is 0.0113 e. The molecule has 0 unspecified atom stereocenters. The maximum atomic E-state index is 5.59. The van der Waals surface area contributed by atoms with Crippen molar-refractivity contribution in [2.45, 2.75) is 27.2 Å². The van der Waals surface area contributed by atoms with Crippen LogP contribution in [0.3, 0.4) is 0 Å². The molecule has 0 aromatic rings. The summed E-state index contributed by atoms with van der Waals surface area (Å²) < 4.78 is 0. The van der Waals surface area contributed by atoms with Crippen LogP contribution in [0.15, 0.2) is 22.8 Å². The van der Waals surface area contributed by atoms with E-state index in [9.17, 15) is 0 Å². The summed E-state index contributed by atoms with van der Waals surface area (Å²) in [6.07, 6.45) is 5.10. The molecule has 0 aliphatic heterocycles. The Morgan fingerprint density at radius 3 is 2.11 bits per heavy atom. The number of hydrogen-bond acceptors (Lipinski definition) is 0. The van der Waals surface area contributed by atoms with Crippen LogP contribution < -0.4 is 0 Å². The molecule has 0 heterocycles.